The zero-order chi connectivity index (χ0) is 27.6. The largest absolute Gasteiger partial charge is 0.481 e. The van der Waals surface area contributed by atoms with Crippen LogP contribution in [0.4, 0.5) is 17.2 Å². The van der Waals surface area contributed by atoms with E-state index in [9.17, 15) is 0 Å². The van der Waals surface area contributed by atoms with E-state index in [1.54, 1.807) is 7.11 Å². The smallest absolute Gasteiger partial charge is 0.214 e. The van der Waals surface area contributed by atoms with Crippen LogP contribution in [0.25, 0.3) is 12.2 Å². The second kappa shape index (κ2) is 13.7. The Morgan fingerprint density at radius 2 is 1.33 bits per heavy atom. The lowest BCUT2D eigenvalue weighted by Gasteiger charge is -2.21. The van der Waals surface area contributed by atoms with Crippen molar-refractivity contribution in [1.82, 2.24) is 4.98 Å². The van der Waals surface area contributed by atoms with Crippen molar-refractivity contribution >= 4 is 35.1 Å². The minimum Gasteiger partial charge on any atom is -0.481 e. The van der Waals surface area contributed by atoms with Gasteiger partial charge in [-0.15, -0.1) is 0 Å². The molecular weight excluding hydrogens is 482 g/mol. The van der Waals surface area contributed by atoms with Gasteiger partial charge in [0.1, 0.15) is 0 Å². The van der Waals surface area contributed by atoms with Gasteiger partial charge in [0.15, 0.2) is 5.82 Å². The van der Waals surface area contributed by atoms with E-state index in [1.807, 2.05) is 23.2 Å². The van der Waals surface area contributed by atoms with Crippen LogP contribution in [-0.4, -0.2) is 50.0 Å². The molecule has 0 saturated carbocycles. The van der Waals surface area contributed by atoms with Gasteiger partial charge in [0.25, 0.3) is 0 Å². The van der Waals surface area contributed by atoms with Gasteiger partial charge in [0.2, 0.25) is 5.88 Å². The van der Waals surface area contributed by atoms with E-state index in [0.29, 0.717) is 5.88 Å². The maximum Gasteiger partial charge on any atom is 0.214 e. The molecule has 0 amide bonds. The van der Waals surface area contributed by atoms with Gasteiger partial charge in [-0.25, -0.2) is 5.01 Å². The fraction of sp³-hybridized carbons (Fsp3) is 0.333. The summed E-state index contributed by atoms with van der Waals surface area (Å²) in [4.78, 5) is 9.35. The molecule has 0 aliphatic carbocycles. The Hall–Kier alpha value is -4.06. The summed E-state index contributed by atoms with van der Waals surface area (Å²) in [5, 5.41) is 6.95. The number of hydrazone groups is 1. The van der Waals surface area contributed by atoms with Gasteiger partial charge in [0.05, 0.1) is 18.9 Å². The van der Waals surface area contributed by atoms with Crippen molar-refractivity contribution in [2.24, 2.45) is 5.10 Å². The zero-order valence-electron chi connectivity index (χ0n) is 23.9. The Labute approximate surface area is 233 Å². The Kier molecular flexibility index (Phi) is 9.79. The van der Waals surface area contributed by atoms with Crippen LogP contribution in [0.5, 0.6) is 5.88 Å². The molecule has 1 unspecified atom stereocenters. The third kappa shape index (κ3) is 7.08. The number of allylic oxidation sites excluding steroid dienone is 1. The number of rotatable bonds is 12. The molecule has 4 rings (SSSR count). The third-order valence-corrected chi connectivity index (χ3v) is 7.14. The molecule has 0 radical (unpaired) electrons. The molecule has 6 heteroatoms. The van der Waals surface area contributed by atoms with E-state index in [1.165, 1.54) is 16.9 Å². The lowest BCUT2D eigenvalue weighted by atomic mass is 10.1. The first-order chi connectivity index (χ1) is 19.1. The maximum absolute atomic E-state index is 5.38. The van der Waals surface area contributed by atoms with E-state index in [4.69, 9.17) is 9.84 Å². The van der Waals surface area contributed by atoms with Crippen LogP contribution in [-0.2, 0) is 0 Å². The van der Waals surface area contributed by atoms with Crippen molar-refractivity contribution in [3.63, 3.8) is 0 Å². The lowest BCUT2D eigenvalue weighted by Crippen LogP contribution is -2.25. The quantitative estimate of drug-likeness (QED) is 0.252. The number of nitrogens with zero attached hydrogens (tertiary/aromatic N) is 5. The van der Waals surface area contributed by atoms with Gasteiger partial charge < -0.3 is 14.5 Å². The van der Waals surface area contributed by atoms with Crippen LogP contribution in [0.3, 0.4) is 0 Å². The first-order valence-electron chi connectivity index (χ1n) is 14.0. The van der Waals surface area contributed by atoms with Crippen LogP contribution in [0.15, 0.2) is 84.0 Å². The molecule has 2 heterocycles. The van der Waals surface area contributed by atoms with Gasteiger partial charge in [-0.3, -0.25) is 0 Å². The number of hydrogen-bond donors (Lipinski definition) is 0. The highest BCUT2D eigenvalue weighted by atomic mass is 16.5. The molecule has 0 fully saturated rings. The molecule has 0 saturated heterocycles. The van der Waals surface area contributed by atoms with Gasteiger partial charge >= 0.3 is 0 Å². The zero-order valence-corrected chi connectivity index (χ0v) is 23.9. The molecule has 1 atom stereocenters. The van der Waals surface area contributed by atoms with Crippen molar-refractivity contribution in [2.75, 3.05) is 48.1 Å². The van der Waals surface area contributed by atoms with Gasteiger partial charge in [-0.1, -0.05) is 48.6 Å². The highest BCUT2D eigenvalue weighted by molar-refractivity contribution is 6.01. The average Bonchev–Trinajstić information content (AvgIpc) is 3.40. The van der Waals surface area contributed by atoms with E-state index in [2.05, 4.69) is 115 Å². The summed E-state index contributed by atoms with van der Waals surface area (Å²) in [6.45, 7) is 12.8. The van der Waals surface area contributed by atoms with Gasteiger partial charge in [0, 0.05) is 50.0 Å². The SMILES string of the molecule is CCN(CC)c1ccc(C=CC2=NN(c3cccc(OC)n3)C(C=Cc3ccc(N(CC)CC)cc3)C2)cc1. The van der Waals surface area contributed by atoms with Crippen LogP contribution >= 0.6 is 0 Å². The third-order valence-electron chi connectivity index (χ3n) is 7.14. The van der Waals surface area contributed by atoms with Crippen molar-refractivity contribution in [3.8, 4) is 5.88 Å². The average molecular weight is 524 g/mol. The summed E-state index contributed by atoms with van der Waals surface area (Å²) in [5.41, 5.74) is 5.84. The fourth-order valence-corrected chi connectivity index (χ4v) is 4.86. The number of ether oxygens (including phenoxy) is 1. The summed E-state index contributed by atoms with van der Waals surface area (Å²) in [7, 11) is 1.64. The highest BCUT2D eigenvalue weighted by Crippen LogP contribution is 2.27. The van der Waals surface area contributed by atoms with E-state index >= 15 is 0 Å². The number of benzene rings is 2. The van der Waals surface area contributed by atoms with Crippen LogP contribution in [0.1, 0.15) is 45.2 Å². The van der Waals surface area contributed by atoms with Crippen molar-refractivity contribution in [2.45, 2.75) is 40.2 Å². The van der Waals surface area contributed by atoms with Crippen LogP contribution < -0.4 is 19.5 Å². The van der Waals surface area contributed by atoms with Gasteiger partial charge in [-0.05, 0) is 75.2 Å². The molecule has 6 nitrogen and oxygen atoms in total. The standard InChI is InChI=1S/C33H41N5O/c1-6-36(7-2)29-20-14-26(15-21-29)13-19-28-25-31(38(35-28)32-11-10-12-33(34-32)39-5)24-18-27-16-22-30(23-17-27)37(8-3)9-4/h10-24,31H,6-9,25H2,1-5H3. The van der Waals surface area contributed by atoms with Gasteiger partial charge in [-0.2, -0.15) is 10.1 Å². The minimum atomic E-state index is 0.0526. The maximum atomic E-state index is 5.38. The molecule has 0 bridgehead atoms. The molecule has 1 aromatic heterocycles. The van der Waals surface area contributed by atoms with Crippen LogP contribution in [0.2, 0.25) is 0 Å². The number of methoxy groups -OCH3 is 1. The molecular formula is C33H41N5O. The molecule has 204 valence electrons. The van der Waals surface area contributed by atoms with Crippen molar-refractivity contribution in [1.29, 1.82) is 0 Å². The fourth-order valence-electron chi connectivity index (χ4n) is 4.86. The summed E-state index contributed by atoms with van der Waals surface area (Å²) < 4.78 is 5.38. The first-order valence-corrected chi connectivity index (χ1v) is 14.0. The summed E-state index contributed by atoms with van der Waals surface area (Å²) in [5.74, 6) is 1.35. The normalized spacial score (nSPS) is 15.3. The number of hydrogen-bond acceptors (Lipinski definition) is 6. The van der Waals surface area contributed by atoms with E-state index in [0.717, 1.165) is 49.7 Å². The van der Waals surface area contributed by atoms with E-state index < -0.39 is 0 Å². The summed E-state index contributed by atoms with van der Waals surface area (Å²) in [6, 6.07) is 23.3. The first kappa shape index (κ1) is 28.0. The summed E-state index contributed by atoms with van der Waals surface area (Å²) >= 11 is 0. The molecule has 3 aromatic rings. The summed E-state index contributed by atoms with van der Waals surface area (Å²) in [6.07, 6.45) is 9.45. The molecule has 0 spiro atoms. The molecule has 39 heavy (non-hydrogen) atoms. The second-order valence-corrected chi connectivity index (χ2v) is 9.47. The Balaban J connectivity index is 1.53. The lowest BCUT2D eigenvalue weighted by molar-refractivity contribution is 0.398. The molecule has 2 aromatic carbocycles. The number of pyridine rings is 1. The Bertz CT molecular complexity index is 1270. The molecule has 1 aliphatic heterocycles. The van der Waals surface area contributed by atoms with Crippen molar-refractivity contribution < 1.29 is 4.74 Å². The topological polar surface area (TPSA) is 44.2 Å². The predicted molar refractivity (Wildman–Crippen MR) is 167 cm³/mol. The number of anilines is 3. The van der Waals surface area contributed by atoms with E-state index in [-0.39, 0.29) is 6.04 Å². The van der Waals surface area contributed by atoms with Crippen LogP contribution in [0, 0.1) is 0 Å². The van der Waals surface area contributed by atoms with Crippen molar-refractivity contribution in [3.05, 3.63) is 90.0 Å². The number of aromatic nitrogens is 1. The highest BCUT2D eigenvalue weighted by Gasteiger charge is 2.26. The molecule has 0 N–H and O–H groups in total. The monoisotopic (exact) mass is 523 g/mol. The Morgan fingerprint density at radius 3 is 1.87 bits per heavy atom. The minimum absolute atomic E-state index is 0.0526. The second-order valence-electron chi connectivity index (χ2n) is 9.47. The Morgan fingerprint density at radius 1 is 0.769 bits per heavy atom. The predicted octanol–water partition coefficient (Wildman–Crippen LogP) is 7.14. The molecule has 1 aliphatic rings.